The number of hydrogen-bond acceptors (Lipinski definition) is 0. The summed E-state index contributed by atoms with van der Waals surface area (Å²) in [5.41, 5.74) is 1.02. The summed E-state index contributed by atoms with van der Waals surface area (Å²) < 4.78 is 0. The van der Waals surface area contributed by atoms with Crippen LogP contribution in [-0.2, 0) is 0 Å². The van der Waals surface area contributed by atoms with E-state index >= 15 is 0 Å². The maximum absolute atomic E-state index is 3.04. The topological polar surface area (TPSA) is 0 Å². The summed E-state index contributed by atoms with van der Waals surface area (Å²) >= 11 is 0. The monoisotopic (exact) mass is 140 g/mol. The van der Waals surface area contributed by atoms with Crippen LogP contribution in [0.25, 0.3) is 0 Å². The molecule has 3 fully saturated rings. The van der Waals surface area contributed by atoms with Crippen LogP contribution in [0, 0.1) is 23.7 Å². The summed E-state index contributed by atoms with van der Waals surface area (Å²) in [4.78, 5) is 0. The second-order valence-corrected chi connectivity index (χ2v) is 4.91. The second-order valence-electron chi connectivity index (χ2n) is 4.06. The Morgan fingerprint density at radius 3 is 2.56 bits per heavy atom. The van der Waals surface area contributed by atoms with Gasteiger partial charge in [0.2, 0.25) is 0 Å². The van der Waals surface area contributed by atoms with Crippen LogP contribution in [0.4, 0.5) is 0 Å². The van der Waals surface area contributed by atoms with E-state index in [-0.39, 0.29) is 0 Å². The average Bonchev–Trinajstić information content (AvgIpc) is 2.34. The van der Waals surface area contributed by atoms with Crippen molar-refractivity contribution < 1.29 is 0 Å². The molecule has 3 aliphatic carbocycles. The fourth-order valence-corrected chi connectivity index (χ4v) is 4.35. The van der Waals surface area contributed by atoms with Gasteiger partial charge in [-0.15, -0.1) is 9.24 Å². The first-order chi connectivity index (χ1) is 4.38. The molecule has 0 saturated heterocycles. The first kappa shape index (κ1) is 5.13. The molecule has 3 rings (SSSR count). The fraction of sp³-hybridized carbons (Fsp3) is 1.00. The van der Waals surface area contributed by atoms with E-state index < -0.39 is 0 Å². The van der Waals surface area contributed by atoms with Gasteiger partial charge in [0.15, 0.2) is 0 Å². The van der Waals surface area contributed by atoms with Gasteiger partial charge in [0.1, 0.15) is 0 Å². The first-order valence-corrected chi connectivity index (χ1v) is 4.80. The Bertz CT molecular complexity index is 145. The highest BCUT2D eigenvalue weighted by Gasteiger charge is 2.64. The summed E-state index contributed by atoms with van der Waals surface area (Å²) in [6, 6.07) is 0. The van der Waals surface area contributed by atoms with Crippen molar-refractivity contribution in [1.29, 1.82) is 0 Å². The van der Waals surface area contributed by atoms with E-state index in [1.165, 1.54) is 30.1 Å². The summed E-state index contributed by atoms with van der Waals surface area (Å²) in [5.74, 6) is 4.76. The highest BCUT2D eigenvalue weighted by Crippen LogP contribution is 2.69. The molecule has 50 valence electrons. The van der Waals surface area contributed by atoms with Gasteiger partial charge in [-0.25, -0.2) is 0 Å². The standard InChI is InChI=1S/C8H13P/c9-6-3-4-1-2-5-7(4)8(5)6/h4-8H,1-3,9H2. The molecule has 0 aliphatic heterocycles. The predicted molar refractivity (Wildman–Crippen MR) is 41.3 cm³/mol. The van der Waals surface area contributed by atoms with Crippen molar-refractivity contribution in [3.05, 3.63) is 0 Å². The van der Waals surface area contributed by atoms with Crippen LogP contribution in [0.1, 0.15) is 19.3 Å². The molecule has 0 nitrogen and oxygen atoms in total. The zero-order valence-corrected chi connectivity index (χ0v) is 6.74. The zero-order valence-electron chi connectivity index (χ0n) is 5.59. The van der Waals surface area contributed by atoms with E-state index in [0.29, 0.717) is 0 Å². The molecule has 0 spiro atoms. The predicted octanol–water partition coefficient (Wildman–Crippen LogP) is 1.91. The third-order valence-electron chi connectivity index (χ3n) is 3.78. The smallest absolute Gasteiger partial charge is 0.0228 e. The van der Waals surface area contributed by atoms with E-state index in [1.54, 1.807) is 12.8 Å². The van der Waals surface area contributed by atoms with E-state index in [9.17, 15) is 0 Å². The number of hydrogen-bond donors (Lipinski definition) is 0. The van der Waals surface area contributed by atoms with Crippen LogP contribution < -0.4 is 0 Å². The van der Waals surface area contributed by atoms with Gasteiger partial charge in [0, 0.05) is 0 Å². The molecular formula is C8H13P. The van der Waals surface area contributed by atoms with Crippen LogP contribution in [0.15, 0.2) is 0 Å². The minimum Gasteiger partial charge on any atom is -0.134 e. The van der Waals surface area contributed by atoms with Crippen molar-refractivity contribution in [2.45, 2.75) is 24.9 Å². The normalized spacial score (nSPS) is 68.3. The maximum Gasteiger partial charge on any atom is -0.0228 e. The lowest BCUT2D eigenvalue weighted by molar-refractivity contribution is 0.515. The quantitative estimate of drug-likeness (QED) is 0.451. The van der Waals surface area contributed by atoms with Crippen molar-refractivity contribution in [3.63, 3.8) is 0 Å². The van der Waals surface area contributed by atoms with Crippen LogP contribution in [-0.4, -0.2) is 5.66 Å². The number of rotatable bonds is 0. The molecule has 0 aromatic heterocycles. The van der Waals surface area contributed by atoms with E-state index in [4.69, 9.17) is 0 Å². The van der Waals surface area contributed by atoms with Gasteiger partial charge >= 0.3 is 0 Å². The Hall–Kier alpha value is 0.430. The molecule has 9 heavy (non-hydrogen) atoms. The molecule has 0 bridgehead atoms. The molecular weight excluding hydrogens is 127 g/mol. The maximum atomic E-state index is 3.04. The van der Waals surface area contributed by atoms with Gasteiger partial charge in [-0.05, 0) is 48.6 Å². The van der Waals surface area contributed by atoms with Gasteiger partial charge in [0.25, 0.3) is 0 Å². The minimum atomic E-state index is 1.02. The average molecular weight is 140 g/mol. The Kier molecular flexibility index (Phi) is 0.781. The highest BCUT2D eigenvalue weighted by molar-refractivity contribution is 7.17. The minimum absolute atomic E-state index is 1.02. The van der Waals surface area contributed by atoms with Gasteiger partial charge in [-0.3, -0.25) is 0 Å². The molecule has 6 atom stereocenters. The molecule has 1 heteroatoms. The Balaban J connectivity index is 1.97. The Morgan fingerprint density at radius 1 is 1.11 bits per heavy atom. The number of fused-ring (bicyclic) bond motifs is 1. The molecule has 3 aliphatic rings. The Labute approximate surface area is 58.6 Å². The van der Waals surface area contributed by atoms with E-state index in [1.807, 2.05) is 0 Å². The van der Waals surface area contributed by atoms with E-state index in [0.717, 1.165) is 5.66 Å². The third kappa shape index (κ3) is 0.463. The molecule has 0 N–H and O–H groups in total. The zero-order chi connectivity index (χ0) is 6.01. The molecule has 0 heterocycles. The lowest BCUT2D eigenvalue weighted by Crippen LogP contribution is -1.98. The molecule has 0 aromatic carbocycles. The fourth-order valence-electron chi connectivity index (χ4n) is 3.46. The lowest BCUT2D eigenvalue weighted by Gasteiger charge is -2.04. The summed E-state index contributed by atoms with van der Waals surface area (Å²) in [5, 5.41) is 0. The van der Waals surface area contributed by atoms with Crippen LogP contribution in [0.5, 0.6) is 0 Å². The molecule has 3 saturated carbocycles. The van der Waals surface area contributed by atoms with Crippen LogP contribution >= 0.6 is 9.24 Å². The van der Waals surface area contributed by atoms with Gasteiger partial charge in [-0.1, -0.05) is 0 Å². The molecule has 0 amide bonds. The second kappa shape index (κ2) is 1.37. The Morgan fingerprint density at radius 2 is 2.00 bits per heavy atom. The molecule has 6 unspecified atom stereocenters. The van der Waals surface area contributed by atoms with Gasteiger partial charge in [-0.2, -0.15) is 0 Å². The summed E-state index contributed by atoms with van der Waals surface area (Å²) in [6.07, 6.45) is 4.68. The van der Waals surface area contributed by atoms with Crippen molar-refractivity contribution in [2.24, 2.45) is 23.7 Å². The van der Waals surface area contributed by atoms with Crippen molar-refractivity contribution in [1.82, 2.24) is 0 Å². The van der Waals surface area contributed by atoms with Crippen molar-refractivity contribution >= 4 is 9.24 Å². The van der Waals surface area contributed by atoms with Crippen LogP contribution in [0.2, 0.25) is 0 Å². The third-order valence-corrected chi connectivity index (χ3v) is 4.49. The first-order valence-electron chi connectivity index (χ1n) is 4.13. The van der Waals surface area contributed by atoms with E-state index in [2.05, 4.69) is 9.24 Å². The molecule has 0 radical (unpaired) electrons. The molecule has 0 aromatic rings. The lowest BCUT2D eigenvalue weighted by atomic mass is 10.1. The summed E-state index contributed by atoms with van der Waals surface area (Å²) in [6.45, 7) is 0. The highest BCUT2D eigenvalue weighted by atomic mass is 31.0. The van der Waals surface area contributed by atoms with Crippen LogP contribution in [0.3, 0.4) is 0 Å². The SMILES string of the molecule is PC1CC2CCC3C1C23. The van der Waals surface area contributed by atoms with Gasteiger partial charge < -0.3 is 0 Å². The largest absolute Gasteiger partial charge is 0.134 e. The van der Waals surface area contributed by atoms with Gasteiger partial charge in [0.05, 0.1) is 0 Å². The summed E-state index contributed by atoms with van der Waals surface area (Å²) in [7, 11) is 3.04. The van der Waals surface area contributed by atoms with Crippen molar-refractivity contribution in [2.75, 3.05) is 0 Å². The van der Waals surface area contributed by atoms with Crippen molar-refractivity contribution in [3.8, 4) is 0 Å².